The van der Waals surface area contributed by atoms with Gasteiger partial charge in [-0.15, -0.1) is 0 Å². The topological polar surface area (TPSA) is 117 Å². The number of carbonyl (C=O) groups is 4. The molecule has 0 radical (unpaired) electrons. The summed E-state index contributed by atoms with van der Waals surface area (Å²) in [5.74, 6) is 0.355. The highest BCUT2D eigenvalue weighted by Gasteiger charge is 2.48. The Hall–Kier alpha value is -6.42. The molecule has 0 saturated heterocycles. The van der Waals surface area contributed by atoms with Gasteiger partial charge >= 0.3 is 0 Å². The Labute approximate surface area is 679 Å². The Kier molecular flexibility index (Phi) is 37.1. The number of Topliss-reactive ketones (excluding diaryl/α,β-unsaturated/α-hetero) is 1. The molecule has 8 aromatic carbocycles. The number of anilines is 2. The molecule has 3 amide bonds. The van der Waals surface area contributed by atoms with Crippen molar-refractivity contribution in [3.63, 3.8) is 0 Å². The molecule has 0 fully saturated rings. The highest BCUT2D eigenvalue weighted by Crippen LogP contribution is 2.53. The van der Waals surface area contributed by atoms with Crippen LogP contribution in [0.15, 0.2) is 193 Å². The second kappa shape index (κ2) is 43.4. The van der Waals surface area contributed by atoms with E-state index < -0.39 is 0 Å². The summed E-state index contributed by atoms with van der Waals surface area (Å²) in [6, 6.07) is 51.8. The number of nitrogens with zero attached hydrogens (tertiary/aromatic N) is 4. The summed E-state index contributed by atoms with van der Waals surface area (Å²) >= 11 is 0. The van der Waals surface area contributed by atoms with Gasteiger partial charge in [-0.05, 0) is 168 Å². The maximum Gasteiger partial charge on any atom is 0.226 e. The molecule has 4 aliphatic heterocycles. The number of carbonyl (C=O) groups excluding carboxylic acids is 4. The lowest BCUT2D eigenvalue weighted by atomic mass is 9.79. The molecule has 0 spiro atoms. The fourth-order valence-electron chi connectivity index (χ4n) is 15.0. The molecule has 580 valence electrons. The molecule has 0 aliphatic carbocycles. The predicted octanol–water partition coefficient (Wildman–Crippen LogP) is 22.4. The van der Waals surface area contributed by atoms with Crippen molar-refractivity contribution in [1.82, 2.24) is 16.0 Å². The van der Waals surface area contributed by atoms with E-state index in [0.717, 1.165) is 28.5 Å². The molecule has 108 heavy (non-hydrogen) atoms. The smallest absolute Gasteiger partial charge is 0.226 e. The Bertz CT molecular complexity index is 4310. The predicted molar refractivity (Wildman–Crippen MR) is 494 cm³/mol. The zero-order valence-corrected chi connectivity index (χ0v) is 74.4. The molecule has 11 nitrogen and oxygen atoms in total. The second-order valence-corrected chi connectivity index (χ2v) is 38.3. The first-order valence-electron chi connectivity index (χ1n) is 36.0. The standard InChI is InChI=1S/C40H43N3O2.C39H42N4O2.4C2H6S2.2CH3/c1-7-29(44)23-25-42-32-21-19-27-13-8-10-15-30(27)37(32)39(2,3)34(42)17-12-18-35-40(4,5)38-31-16-11-9-14-28(31)20-22-33(38)43(35)26-24-36(45)41-6;1-38(2)32(42(24-22-34(44)40-5)30-20-18-26-12-7-9-14-28(26)36(30)38)16-11-17-33-39(3,4)37-29-15-10-8-13-27(29)19-21-31(37)43(33)25-23-35(45)41-6;4*1-3-4-2;;/h8-22H,7,23-26H2,1-6H3;7-21H,22-25H2,1-6H3,(H-,40,41,44,45);4*1-2H3;2*1H3/q;;;;;;2*-1/p+2. The maximum atomic E-state index is 12.5. The van der Waals surface area contributed by atoms with Gasteiger partial charge in [0, 0.05) is 123 Å². The Morgan fingerprint density at radius 2 is 0.667 bits per heavy atom. The number of ketones is 1. The van der Waals surface area contributed by atoms with Crippen LogP contribution in [-0.4, -0.2) is 141 Å². The van der Waals surface area contributed by atoms with E-state index in [0.29, 0.717) is 58.3 Å². The number of hydrogen-bond acceptors (Lipinski definition) is 14. The highest BCUT2D eigenvalue weighted by atomic mass is 33.1. The van der Waals surface area contributed by atoms with E-state index in [1.54, 1.807) is 107 Å². The number of hydrogen-bond donors (Lipinski definition) is 3. The summed E-state index contributed by atoms with van der Waals surface area (Å²) < 4.78 is 4.64. The van der Waals surface area contributed by atoms with Gasteiger partial charge in [-0.25, -0.2) is 0 Å². The first-order valence-corrected chi connectivity index (χ1v) is 47.8. The summed E-state index contributed by atoms with van der Waals surface area (Å²) in [7, 11) is 19.3. The summed E-state index contributed by atoms with van der Waals surface area (Å²) in [5, 5.41) is 18.2. The summed E-state index contributed by atoms with van der Waals surface area (Å²) in [5.41, 5.74) is 13.4. The van der Waals surface area contributed by atoms with Crippen molar-refractivity contribution in [1.29, 1.82) is 0 Å². The third kappa shape index (κ3) is 21.2. The van der Waals surface area contributed by atoms with Gasteiger partial charge in [0.05, 0.1) is 23.7 Å². The van der Waals surface area contributed by atoms with Crippen molar-refractivity contribution in [2.75, 3.05) is 107 Å². The molecule has 4 aliphatic rings. The summed E-state index contributed by atoms with van der Waals surface area (Å²) in [4.78, 5) is 54.3. The van der Waals surface area contributed by atoms with Crippen molar-refractivity contribution in [3.8, 4) is 0 Å². The monoisotopic (exact) mass is 1600 g/mol. The van der Waals surface area contributed by atoms with E-state index in [4.69, 9.17) is 0 Å². The average Bonchev–Trinajstić information content (AvgIpc) is 1.58. The van der Waals surface area contributed by atoms with E-state index in [-0.39, 0.29) is 60.0 Å². The molecular formula is C89H117N7O4S8. The molecule has 12 rings (SSSR count). The zero-order valence-electron chi connectivity index (χ0n) is 67.9. The van der Waals surface area contributed by atoms with Gasteiger partial charge in [0.2, 0.25) is 29.1 Å². The van der Waals surface area contributed by atoms with Crippen LogP contribution in [-0.2, 0) is 40.8 Å². The van der Waals surface area contributed by atoms with Crippen molar-refractivity contribution in [2.24, 2.45) is 0 Å². The lowest BCUT2D eigenvalue weighted by Crippen LogP contribution is -2.30. The largest absolute Gasteiger partial charge is 0.359 e. The molecule has 3 N–H and O–H groups in total. The van der Waals surface area contributed by atoms with Crippen LogP contribution in [0.25, 0.3) is 43.1 Å². The van der Waals surface area contributed by atoms with Crippen molar-refractivity contribution in [3.05, 3.63) is 231 Å². The van der Waals surface area contributed by atoms with E-state index in [2.05, 4.69) is 322 Å². The fraction of sp³-hybridized carbons (Fsp3) is 0.371. The van der Waals surface area contributed by atoms with Crippen molar-refractivity contribution < 1.29 is 28.3 Å². The Morgan fingerprint density at radius 1 is 0.380 bits per heavy atom. The second-order valence-electron chi connectivity index (χ2n) is 27.7. The van der Waals surface area contributed by atoms with Gasteiger partial charge in [0.15, 0.2) is 24.5 Å². The van der Waals surface area contributed by atoms with Crippen LogP contribution in [0.2, 0.25) is 0 Å². The highest BCUT2D eigenvalue weighted by molar-refractivity contribution is 8.77. The molecule has 0 saturated carbocycles. The van der Waals surface area contributed by atoms with Gasteiger partial charge in [-0.2, -0.15) is 9.15 Å². The molecule has 0 atom stereocenters. The van der Waals surface area contributed by atoms with Crippen LogP contribution in [0.4, 0.5) is 22.7 Å². The molecular weight excluding hydrogens is 1490 g/mol. The lowest BCUT2D eigenvalue weighted by molar-refractivity contribution is -0.436. The SMILES string of the molecule is CCC(=O)CCN1/C(=C/C=C/C2=[N+](CCC(=O)NC)c3ccc4ccccc4c3C2(C)C)C(C)(C)c2c1ccc1ccccc21.CNC(=O)CCN1/C(=C/C=C/C2=[N+](CCC(=O)NC)c3ccc4ccccc4c3C2(C)C)C(C)(C)c2c1ccc1ccccc21.CSSC.CSSC.CSSC.CSSC.[CH3-].[CH3-]. The minimum atomic E-state index is -0.281. The zero-order chi connectivity index (χ0) is 77.5. The molecule has 0 bridgehead atoms. The normalized spacial score (nSPS) is 15.6. The quantitative estimate of drug-likeness (QED) is 0.0360. The van der Waals surface area contributed by atoms with Gasteiger partial charge in [0.1, 0.15) is 5.78 Å². The Balaban J connectivity index is 0.000000318. The van der Waals surface area contributed by atoms with Gasteiger partial charge in [-0.1, -0.05) is 242 Å². The number of rotatable bonds is 21. The first-order chi connectivity index (χ1) is 50.8. The maximum absolute atomic E-state index is 12.5. The Morgan fingerprint density at radius 3 is 0.972 bits per heavy atom. The van der Waals surface area contributed by atoms with E-state index >= 15 is 0 Å². The molecule has 4 heterocycles. The lowest BCUT2D eigenvalue weighted by Gasteiger charge is -2.27. The van der Waals surface area contributed by atoms with Crippen LogP contribution in [0, 0.1) is 14.9 Å². The fourth-order valence-corrected chi connectivity index (χ4v) is 15.0. The van der Waals surface area contributed by atoms with Crippen molar-refractivity contribution >= 4 is 187 Å². The third-order valence-electron chi connectivity index (χ3n) is 20.2. The van der Waals surface area contributed by atoms with E-state index in [9.17, 15) is 19.2 Å². The average molecular weight is 1610 g/mol. The number of fused-ring (bicyclic) bond motifs is 12. The van der Waals surface area contributed by atoms with E-state index in [1.165, 1.54) is 82.4 Å². The van der Waals surface area contributed by atoms with Crippen LogP contribution in [0.5, 0.6) is 0 Å². The van der Waals surface area contributed by atoms with Gasteiger partial charge < -0.3 is 40.6 Å². The summed E-state index contributed by atoms with van der Waals surface area (Å²) in [6.45, 7) is 22.6. The summed E-state index contributed by atoms with van der Waals surface area (Å²) in [6.07, 6.45) is 32.0. The van der Waals surface area contributed by atoms with Crippen LogP contribution in [0.3, 0.4) is 0 Å². The molecule has 19 heteroatoms. The minimum absolute atomic E-state index is 0. The first kappa shape index (κ1) is 92.2. The molecule has 8 aromatic rings. The number of allylic oxidation sites excluding steroid dienone is 8. The molecule has 0 aromatic heterocycles. The van der Waals surface area contributed by atoms with Crippen LogP contribution < -0.4 is 25.8 Å². The van der Waals surface area contributed by atoms with E-state index in [1.807, 2.05) is 6.92 Å². The minimum Gasteiger partial charge on any atom is -0.359 e. The number of nitrogens with one attached hydrogen (secondary N) is 3. The van der Waals surface area contributed by atoms with Crippen LogP contribution in [0.1, 0.15) is 117 Å². The van der Waals surface area contributed by atoms with Gasteiger partial charge in [-0.3, -0.25) is 19.2 Å². The third-order valence-corrected chi connectivity index (χ3v) is 25.6. The van der Waals surface area contributed by atoms with Crippen LogP contribution >= 0.6 is 86.4 Å². The number of benzene rings is 8. The van der Waals surface area contributed by atoms with Gasteiger partial charge in [0.25, 0.3) is 0 Å². The van der Waals surface area contributed by atoms with Crippen molar-refractivity contribution in [2.45, 2.75) is 116 Å². The number of amides is 3. The molecule has 0 unspecified atom stereocenters.